The maximum atomic E-state index is 12.5. The number of benzene rings is 2. The molecule has 0 radical (unpaired) electrons. The smallest absolute Gasteiger partial charge is 0.257 e. The Bertz CT molecular complexity index is 1000. The molecule has 0 aliphatic rings. The summed E-state index contributed by atoms with van der Waals surface area (Å²) in [5.74, 6) is 0.661. The summed E-state index contributed by atoms with van der Waals surface area (Å²) in [5.41, 5.74) is 3.04. The van der Waals surface area contributed by atoms with Gasteiger partial charge in [-0.25, -0.2) is 4.98 Å². The Morgan fingerprint density at radius 1 is 1.03 bits per heavy atom. The van der Waals surface area contributed by atoms with Crippen molar-refractivity contribution in [3.05, 3.63) is 59.5 Å². The molecular weight excluding hydrogens is 414 g/mol. The van der Waals surface area contributed by atoms with Crippen molar-refractivity contribution in [2.45, 2.75) is 12.8 Å². The molecule has 31 heavy (non-hydrogen) atoms. The van der Waals surface area contributed by atoms with Gasteiger partial charge in [0.05, 0.1) is 19.3 Å². The van der Waals surface area contributed by atoms with Gasteiger partial charge in [0.25, 0.3) is 5.91 Å². The number of methoxy groups -OCH3 is 2. The van der Waals surface area contributed by atoms with Gasteiger partial charge in [0.15, 0.2) is 10.9 Å². The molecule has 1 aromatic heterocycles. The third-order valence-electron chi connectivity index (χ3n) is 4.55. The Morgan fingerprint density at radius 3 is 2.45 bits per heavy atom. The number of thiazole rings is 1. The van der Waals surface area contributed by atoms with Crippen molar-refractivity contribution < 1.29 is 19.1 Å². The minimum absolute atomic E-state index is 0.121. The first-order chi connectivity index (χ1) is 15.1. The Morgan fingerprint density at radius 2 is 1.77 bits per heavy atom. The molecule has 0 saturated heterocycles. The van der Waals surface area contributed by atoms with Gasteiger partial charge in [-0.2, -0.15) is 0 Å². The molecule has 3 aromatic rings. The Labute approximate surface area is 185 Å². The Hall–Kier alpha value is -3.23. The van der Waals surface area contributed by atoms with Gasteiger partial charge in [-0.15, -0.1) is 11.3 Å². The highest BCUT2D eigenvalue weighted by Gasteiger charge is 2.11. The molecule has 2 aromatic carbocycles. The van der Waals surface area contributed by atoms with E-state index in [4.69, 9.17) is 9.47 Å². The first-order valence-electron chi connectivity index (χ1n) is 9.85. The van der Waals surface area contributed by atoms with Crippen molar-refractivity contribution in [2.24, 2.45) is 0 Å². The Kier molecular flexibility index (Phi) is 8.14. The molecule has 2 N–H and O–H groups in total. The van der Waals surface area contributed by atoms with E-state index in [0.29, 0.717) is 30.1 Å². The molecule has 0 spiro atoms. The lowest BCUT2D eigenvalue weighted by atomic mass is 10.2. The topological polar surface area (TPSA) is 89.5 Å². The number of hydrogen-bond acceptors (Lipinski definition) is 7. The van der Waals surface area contributed by atoms with E-state index in [2.05, 4.69) is 15.6 Å². The lowest BCUT2D eigenvalue weighted by Crippen LogP contribution is -2.15. The van der Waals surface area contributed by atoms with Crippen LogP contribution >= 0.6 is 11.3 Å². The minimum atomic E-state index is -0.238. The summed E-state index contributed by atoms with van der Waals surface area (Å²) in [7, 11) is 3.24. The predicted octanol–water partition coefficient (Wildman–Crippen LogP) is 4.48. The second-order valence-electron chi connectivity index (χ2n) is 6.79. The number of nitrogens with one attached hydrogen (secondary N) is 2. The van der Waals surface area contributed by atoms with Crippen LogP contribution in [0.1, 0.15) is 23.2 Å². The standard InChI is InChI=1S/C23H25N3O4S/c1-29-13-3-4-19(27)14-24-18-9-5-17(6-10-18)22(28)26-23-25-21(15-31-23)16-7-11-20(30-2)12-8-16/h5-12,15,24H,3-4,13-14H2,1-2H3,(H,25,26,28). The number of ketones is 1. The van der Waals surface area contributed by atoms with Crippen LogP contribution in [0, 0.1) is 0 Å². The van der Waals surface area contributed by atoms with Gasteiger partial charge in [0, 0.05) is 42.3 Å². The third-order valence-corrected chi connectivity index (χ3v) is 5.31. The van der Waals surface area contributed by atoms with Crippen LogP contribution < -0.4 is 15.4 Å². The third kappa shape index (κ3) is 6.63. The first-order valence-corrected chi connectivity index (χ1v) is 10.7. The molecule has 8 heteroatoms. The van der Waals surface area contributed by atoms with Gasteiger partial charge < -0.3 is 14.8 Å². The van der Waals surface area contributed by atoms with Crippen LogP contribution in [-0.4, -0.2) is 44.0 Å². The van der Waals surface area contributed by atoms with Gasteiger partial charge in [-0.05, 0) is 55.0 Å². The van der Waals surface area contributed by atoms with Crippen LogP contribution in [0.2, 0.25) is 0 Å². The van der Waals surface area contributed by atoms with E-state index in [1.54, 1.807) is 38.5 Å². The molecule has 0 bridgehead atoms. The molecule has 0 fully saturated rings. The van der Waals surface area contributed by atoms with Gasteiger partial charge >= 0.3 is 0 Å². The van der Waals surface area contributed by atoms with Gasteiger partial charge in [-0.3, -0.25) is 14.9 Å². The van der Waals surface area contributed by atoms with Crippen LogP contribution in [0.5, 0.6) is 5.75 Å². The number of carbonyl (C=O) groups is 2. The molecule has 0 aliphatic heterocycles. The van der Waals surface area contributed by atoms with Crippen molar-refractivity contribution in [1.29, 1.82) is 0 Å². The normalized spacial score (nSPS) is 10.5. The van der Waals surface area contributed by atoms with E-state index in [-0.39, 0.29) is 18.2 Å². The molecule has 1 amide bonds. The molecule has 0 saturated carbocycles. The van der Waals surface area contributed by atoms with Gasteiger partial charge in [-0.1, -0.05) is 0 Å². The summed E-state index contributed by atoms with van der Waals surface area (Å²) in [4.78, 5) is 28.8. The largest absolute Gasteiger partial charge is 0.497 e. The second-order valence-corrected chi connectivity index (χ2v) is 7.64. The first kappa shape index (κ1) is 22.5. The maximum absolute atomic E-state index is 12.5. The number of aromatic nitrogens is 1. The molecule has 0 unspecified atom stereocenters. The number of nitrogens with zero attached hydrogens (tertiary/aromatic N) is 1. The van der Waals surface area contributed by atoms with E-state index in [1.165, 1.54) is 11.3 Å². The Balaban J connectivity index is 1.52. The van der Waals surface area contributed by atoms with Crippen molar-refractivity contribution in [2.75, 3.05) is 38.0 Å². The van der Waals surface area contributed by atoms with Crippen LogP contribution in [0.3, 0.4) is 0 Å². The molecule has 0 aliphatic carbocycles. The number of hydrogen-bond donors (Lipinski definition) is 2. The minimum Gasteiger partial charge on any atom is -0.497 e. The van der Waals surface area contributed by atoms with Crippen molar-refractivity contribution in [3.63, 3.8) is 0 Å². The zero-order valence-electron chi connectivity index (χ0n) is 17.5. The quantitative estimate of drug-likeness (QED) is 0.428. The van der Waals surface area contributed by atoms with Crippen LogP contribution in [0.4, 0.5) is 10.8 Å². The fourth-order valence-corrected chi connectivity index (χ4v) is 3.55. The SMILES string of the molecule is COCCCC(=O)CNc1ccc(C(=O)Nc2nc(-c3ccc(OC)cc3)cs2)cc1. The van der Waals surface area contributed by atoms with Crippen molar-refractivity contribution in [1.82, 2.24) is 4.98 Å². The van der Waals surface area contributed by atoms with Crippen LogP contribution in [0.25, 0.3) is 11.3 Å². The highest BCUT2D eigenvalue weighted by Crippen LogP contribution is 2.26. The lowest BCUT2D eigenvalue weighted by molar-refractivity contribution is -0.117. The van der Waals surface area contributed by atoms with E-state index >= 15 is 0 Å². The predicted molar refractivity (Wildman–Crippen MR) is 123 cm³/mol. The monoisotopic (exact) mass is 439 g/mol. The van der Waals surface area contributed by atoms with E-state index in [9.17, 15) is 9.59 Å². The van der Waals surface area contributed by atoms with Crippen molar-refractivity contribution in [3.8, 4) is 17.0 Å². The summed E-state index contributed by atoms with van der Waals surface area (Å²) in [6.45, 7) is 0.832. The molecule has 162 valence electrons. The van der Waals surface area contributed by atoms with Crippen molar-refractivity contribution >= 4 is 33.8 Å². The summed E-state index contributed by atoms with van der Waals surface area (Å²) in [6, 6.07) is 14.6. The summed E-state index contributed by atoms with van der Waals surface area (Å²) in [5, 5.41) is 8.33. The molecule has 0 atom stereocenters. The summed E-state index contributed by atoms with van der Waals surface area (Å²) < 4.78 is 10.1. The molecule has 1 heterocycles. The number of Topliss-reactive ketones (excluding diaryl/α,β-unsaturated/α-hetero) is 1. The highest BCUT2D eigenvalue weighted by atomic mass is 32.1. The summed E-state index contributed by atoms with van der Waals surface area (Å²) >= 11 is 1.37. The molecular formula is C23H25N3O4S. The maximum Gasteiger partial charge on any atom is 0.257 e. The fraction of sp³-hybridized carbons (Fsp3) is 0.261. The lowest BCUT2D eigenvalue weighted by Gasteiger charge is -2.07. The van der Waals surface area contributed by atoms with Gasteiger partial charge in [0.2, 0.25) is 0 Å². The highest BCUT2D eigenvalue weighted by molar-refractivity contribution is 7.14. The number of carbonyl (C=O) groups excluding carboxylic acids is 2. The van der Waals surface area contributed by atoms with E-state index in [1.807, 2.05) is 29.6 Å². The van der Waals surface area contributed by atoms with E-state index < -0.39 is 0 Å². The zero-order chi connectivity index (χ0) is 22.1. The van der Waals surface area contributed by atoms with Crippen LogP contribution in [0.15, 0.2) is 53.9 Å². The van der Waals surface area contributed by atoms with Gasteiger partial charge in [0.1, 0.15) is 5.75 Å². The number of anilines is 2. The van der Waals surface area contributed by atoms with Crippen LogP contribution in [-0.2, 0) is 9.53 Å². The number of rotatable bonds is 11. The second kappa shape index (κ2) is 11.2. The zero-order valence-corrected chi connectivity index (χ0v) is 18.3. The number of ether oxygens (including phenoxy) is 2. The van der Waals surface area contributed by atoms with E-state index in [0.717, 1.165) is 22.7 Å². The summed E-state index contributed by atoms with van der Waals surface area (Å²) in [6.07, 6.45) is 1.20. The fourth-order valence-electron chi connectivity index (χ4n) is 2.84. The average Bonchev–Trinajstić information content (AvgIpc) is 3.26. The molecule has 7 nitrogen and oxygen atoms in total. The molecule has 3 rings (SSSR count). The average molecular weight is 440 g/mol. The number of amides is 1.